The van der Waals surface area contributed by atoms with E-state index in [0.717, 1.165) is 0 Å². The predicted octanol–water partition coefficient (Wildman–Crippen LogP) is -0.620. The maximum Gasteiger partial charge on any atom is 3.00 e. The van der Waals surface area contributed by atoms with Crippen LogP contribution in [0.2, 0.25) is 0 Å². The average molecular weight is 271 g/mol. The number of hydrogen-bond acceptors (Lipinski definition) is 3. The predicted molar refractivity (Wildman–Crippen MR) is 16.1 cm³/mol. The Hall–Kier alpha value is 0.0831. The summed E-state index contributed by atoms with van der Waals surface area (Å²) >= 11 is 0. The monoisotopic (exact) mass is 271 g/mol. The van der Waals surface area contributed by atoms with Crippen molar-refractivity contribution in [2.45, 2.75) is 0 Å². The molecule has 5 heteroatoms. The van der Waals surface area contributed by atoms with Gasteiger partial charge in [-0.15, -0.1) is 0 Å². The van der Waals surface area contributed by atoms with E-state index in [1.54, 1.807) is 0 Å². The molecule has 0 aliphatic heterocycles. The molecule has 0 aliphatic carbocycles. The molecule has 0 aromatic rings. The van der Waals surface area contributed by atoms with Crippen molar-refractivity contribution in [3.05, 3.63) is 15.3 Å². The van der Waals surface area contributed by atoms with Crippen molar-refractivity contribution in [3.63, 3.8) is 0 Å². The van der Waals surface area contributed by atoms with Crippen molar-refractivity contribution in [1.82, 2.24) is 0 Å². The molecule has 0 N–H and O–H groups in total. The van der Waals surface area contributed by atoms with Gasteiger partial charge in [0.25, 0.3) is 0 Å². The van der Waals surface area contributed by atoms with Gasteiger partial charge in [-0.3, -0.25) is 0 Å². The van der Waals surface area contributed by atoms with Crippen molar-refractivity contribution < 1.29 is 5.09 Å². The molecular formula is BiNO3+2. The molecule has 0 spiro atoms. The van der Waals surface area contributed by atoms with Gasteiger partial charge in [0.15, 0.2) is 0 Å². The summed E-state index contributed by atoms with van der Waals surface area (Å²) in [7, 11) is 0. The Kier molecular flexibility index (Phi) is 7.28. The molecular weight excluding hydrogens is 271 g/mol. The Balaban J connectivity index is 0. The normalized spacial score (nSPS) is 4.80. The van der Waals surface area contributed by atoms with Crippen molar-refractivity contribution in [1.29, 1.82) is 0 Å². The zero-order valence-corrected chi connectivity index (χ0v) is 5.60. The second-order valence-corrected chi connectivity index (χ2v) is 0.224. The third kappa shape index (κ3) is 2560. The molecule has 0 saturated carbocycles. The first-order valence-corrected chi connectivity index (χ1v) is 0.548. The van der Waals surface area contributed by atoms with Crippen LogP contribution in [0.3, 0.4) is 0 Å². The molecule has 0 aromatic carbocycles. The maximum absolute atomic E-state index is 8.25. The zero-order valence-electron chi connectivity index (χ0n) is 2.12. The van der Waals surface area contributed by atoms with Crippen LogP contribution in [0.25, 0.3) is 0 Å². The molecule has 0 amide bonds. The van der Waals surface area contributed by atoms with Gasteiger partial charge in [0.2, 0.25) is 0 Å². The van der Waals surface area contributed by atoms with Crippen LogP contribution in [-0.2, 0) is 0 Å². The van der Waals surface area contributed by atoms with E-state index in [4.69, 9.17) is 15.3 Å². The van der Waals surface area contributed by atoms with Crippen LogP contribution < -0.4 is 0 Å². The van der Waals surface area contributed by atoms with E-state index in [2.05, 4.69) is 0 Å². The van der Waals surface area contributed by atoms with Crippen LogP contribution in [0, 0.1) is 15.3 Å². The number of rotatable bonds is 0. The summed E-state index contributed by atoms with van der Waals surface area (Å²) in [4.78, 5) is 8.25. The molecule has 0 rings (SSSR count). The molecule has 5 heavy (non-hydrogen) atoms. The van der Waals surface area contributed by atoms with Gasteiger partial charge >= 0.3 is 26.2 Å². The van der Waals surface area contributed by atoms with Crippen LogP contribution in [-0.4, -0.2) is 31.3 Å². The SMILES string of the molecule is O=[N+]([O-])[O-].[Bi+3]. The largest absolute Gasteiger partial charge is 3.00 e. The van der Waals surface area contributed by atoms with Crippen molar-refractivity contribution in [3.8, 4) is 0 Å². The third-order valence-electron chi connectivity index (χ3n) is 0. The second-order valence-electron chi connectivity index (χ2n) is 0.224. The molecule has 0 aliphatic rings. The molecule has 4 nitrogen and oxygen atoms in total. The minimum absolute atomic E-state index is 0. The van der Waals surface area contributed by atoms with Gasteiger partial charge in [-0.1, -0.05) is 0 Å². The topological polar surface area (TPSA) is 66.2 Å². The van der Waals surface area contributed by atoms with Gasteiger partial charge < -0.3 is 15.3 Å². The first kappa shape index (κ1) is 8.92. The Morgan fingerprint density at radius 1 is 1.40 bits per heavy atom. The molecule has 0 aromatic heterocycles. The van der Waals surface area contributed by atoms with Gasteiger partial charge in [0.05, 0.1) is 5.09 Å². The molecule has 0 bridgehead atoms. The van der Waals surface area contributed by atoms with Crippen LogP contribution in [0.1, 0.15) is 0 Å². The van der Waals surface area contributed by atoms with E-state index in [-0.39, 0.29) is 26.2 Å². The van der Waals surface area contributed by atoms with Gasteiger partial charge in [-0.25, -0.2) is 0 Å². The minimum atomic E-state index is -1.75. The fourth-order valence-corrected chi connectivity index (χ4v) is 0. The van der Waals surface area contributed by atoms with Gasteiger partial charge in [0, 0.05) is 0 Å². The van der Waals surface area contributed by atoms with Gasteiger partial charge in [-0.2, -0.15) is 0 Å². The van der Waals surface area contributed by atoms with Crippen LogP contribution in [0.5, 0.6) is 0 Å². The van der Waals surface area contributed by atoms with Crippen LogP contribution in [0.4, 0.5) is 0 Å². The Morgan fingerprint density at radius 2 is 1.40 bits per heavy atom. The fraction of sp³-hybridized carbons (Fsp3) is 0. The van der Waals surface area contributed by atoms with E-state index in [1.165, 1.54) is 0 Å². The molecule has 0 fully saturated rings. The summed E-state index contributed by atoms with van der Waals surface area (Å²) in [5, 5.41) is 14.8. The smallest absolute Gasteiger partial charge is 0.356 e. The zero-order chi connectivity index (χ0) is 3.58. The average Bonchev–Trinajstić information content (AvgIpc) is 0.811. The van der Waals surface area contributed by atoms with E-state index in [1.807, 2.05) is 0 Å². The summed E-state index contributed by atoms with van der Waals surface area (Å²) in [6.45, 7) is 0. The second kappa shape index (κ2) is 4.08. The molecule has 2 radical (unpaired) electrons. The van der Waals surface area contributed by atoms with Crippen LogP contribution in [0.15, 0.2) is 0 Å². The summed E-state index contributed by atoms with van der Waals surface area (Å²) < 4.78 is 0. The van der Waals surface area contributed by atoms with Gasteiger partial charge in [-0.05, 0) is 0 Å². The van der Waals surface area contributed by atoms with Crippen LogP contribution >= 0.6 is 0 Å². The Morgan fingerprint density at radius 3 is 1.40 bits per heavy atom. The van der Waals surface area contributed by atoms with Gasteiger partial charge in [0.1, 0.15) is 0 Å². The van der Waals surface area contributed by atoms with Crippen molar-refractivity contribution in [2.24, 2.45) is 0 Å². The van der Waals surface area contributed by atoms with E-state index >= 15 is 0 Å². The number of nitrogens with zero attached hydrogens (tertiary/aromatic N) is 1. The number of hydrogen-bond donors (Lipinski definition) is 0. The van der Waals surface area contributed by atoms with E-state index in [9.17, 15) is 0 Å². The minimum Gasteiger partial charge on any atom is -0.356 e. The maximum atomic E-state index is 8.25. The molecule has 0 unspecified atom stereocenters. The summed E-state index contributed by atoms with van der Waals surface area (Å²) in [5.41, 5.74) is 0. The fourth-order valence-electron chi connectivity index (χ4n) is 0. The summed E-state index contributed by atoms with van der Waals surface area (Å²) in [6.07, 6.45) is 0. The molecule has 0 heterocycles. The molecule has 0 atom stereocenters. The first-order valence-electron chi connectivity index (χ1n) is 0.548. The molecule has 0 saturated heterocycles. The standard InChI is InChI=1S/Bi.NO3/c;2-1(3)4/q+3;-1. The molecule has 26 valence electrons. The Bertz CT molecular complexity index is 29.9. The third-order valence-corrected chi connectivity index (χ3v) is 0. The van der Waals surface area contributed by atoms with Crippen molar-refractivity contribution in [2.75, 3.05) is 0 Å². The van der Waals surface area contributed by atoms with Crippen molar-refractivity contribution >= 4 is 26.2 Å². The van der Waals surface area contributed by atoms with E-state index in [0.29, 0.717) is 0 Å². The van der Waals surface area contributed by atoms with E-state index < -0.39 is 5.09 Å². The Labute approximate surface area is 47.0 Å². The first-order chi connectivity index (χ1) is 1.73. The summed E-state index contributed by atoms with van der Waals surface area (Å²) in [5.74, 6) is 0. The quantitative estimate of drug-likeness (QED) is 0.335. The summed E-state index contributed by atoms with van der Waals surface area (Å²) in [6, 6.07) is 0.